The van der Waals surface area contributed by atoms with Gasteiger partial charge in [-0.2, -0.15) is 0 Å². The number of thiazole rings is 1. The Morgan fingerprint density at radius 1 is 1.14 bits per heavy atom. The molecule has 0 saturated carbocycles. The SMILES string of the molecule is Cc1nc(-c2cccc(F)c2O)n(CCc2ccccc2)c(=O)c1-c1cnc(C2=CC=CCC2)s1. The van der Waals surface area contributed by atoms with Crippen molar-refractivity contribution < 1.29 is 9.50 Å². The normalized spacial score (nSPS) is 13.1. The van der Waals surface area contributed by atoms with E-state index in [1.165, 1.54) is 28.0 Å². The van der Waals surface area contributed by atoms with E-state index in [1.807, 2.05) is 36.4 Å². The summed E-state index contributed by atoms with van der Waals surface area (Å²) in [6, 6.07) is 14.1. The molecule has 0 fully saturated rings. The van der Waals surface area contributed by atoms with Gasteiger partial charge >= 0.3 is 0 Å². The summed E-state index contributed by atoms with van der Waals surface area (Å²) in [4.78, 5) is 23.9. The second-order valence-electron chi connectivity index (χ2n) is 8.41. The lowest BCUT2D eigenvalue weighted by Gasteiger charge is -2.16. The molecule has 4 aromatic rings. The first-order valence-corrected chi connectivity index (χ1v) is 12.3. The van der Waals surface area contributed by atoms with E-state index >= 15 is 0 Å². The molecule has 0 saturated heterocycles. The van der Waals surface area contributed by atoms with Crippen LogP contribution in [0.3, 0.4) is 0 Å². The molecule has 0 radical (unpaired) electrons. The third-order valence-electron chi connectivity index (χ3n) is 6.09. The second kappa shape index (κ2) is 9.80. The van der Waals surface area contributed by atoms with Gasteiger partial charge in [0.15, 0.2) is 11.6 Å². The molecule has 0 spiro atoms. The van der Waals surface area contributed by atoms with Gasteiger partial charge in [-0.1, -0.05) is 54.6 Å². The van der Waals surface area contributed by atoms with Crippen LogP contribution in [0.25, 0.3) is 27.4 Å². The summed E-state index contributed by atoms with van der Waals surface area (Å²) in [6.45, 7) is 2.09. The highest BCUT2D eigenvalue weighted by atomic mass is 32.1. The van der Waals surface area contributed by atoms with E-state index in [4.69, 9.17) is 4.98 Å². The van der Waals surface area contributed by atoms with Crippen LogP contribution in [0.2, 0.25) is 0 Å². The van der Waals surface area contributed by atoms with E-state index in [9.17, 15) is 14.3 Å². The number of halogens is 1. The number of allylic oxidation sites excluding steroid dienone is 4. The number of nitrogens with zero attached hydrogens (tertiary/aromatic N) is 3. The van der Waals surface area contributed by atoms with Gasteiger partial charge in [0.1, 0.15) is 10.8 Å². The number of aryl methyl sites for hydroxylation is 2. The summed E-state index contributed by atoms with van der Waals surface area (Å²) in [5.74, 6) is -1.03. The van der Waals surface area contributed by atoms with E-state index < -0.39 is 11.6 Å². The van der Waals surface area contributed by atoms with Gasteiger partial charge in [0.2, 0.25) is 0 Å². The highest BCUT2D eigenvalue weighted by Crippen LogP contribution is 2.34. The number of rotatable bonds is 6. The van der Waals surface area contributed by atoms with Crippen LogP contribution in [0.1, 0.15) is 29.1 Å². The lowest BCUT2D eigenvalue weighted by atomic mass is 10.1. The molecule has 176 valence electrons. The predicted molar refractivity (Wildman–Crippen MR) is 138 cm³/mol. The number of para-hydroxylation sites is 1. The van der Waals surface area contributed by atoms with Crippen molar-refractivity contribution >= 4 is 16.9 Å². The highest BCUT2D eigenvalue weighted by Gasteiger charge is 2.22. The first-order valence-electron chi connectivity index (χ1n) is 11.5. The Balaban J connectivity index is 1.63. The predicted octanol–water partition coefficient (Wildman–Crippen LogP) is 6.16. The molecule has 1 aliphatic rings. The Hall–Kier alpha value is -3.84. The minimum absolute atomic E-state index is 0.189. The monoisotopic (exact) mass is 485 g/mol. The molecule has 35 heavy (non-hydrogen) atoms. The summed E-state index contributed by atoms with van der Waals surface area (Å²) < 4.78 is 15.7. The van der Waals surface area contributed by atoms with Gasteiger partial charge in [0, 0.05) is 12.7 Å². The number of phenolic OH excluding ortho intramolecular Hbond substituents is 1. The van der Waals surface area contributed by atoms with Crippen LogP contribution in [0.5, 0.6) is 5.75 Å². The van der Waals surface area contributed by atoms with Gasteiger partial charge in [-0.05, 0) is 49.5 Å². The maximum Gasteiger partial charge on any atom is 0.262 e. The fraction of sp³-hybridized carbons (Fsp3) is 0.179. The molecule has 5 nitrogen and oxygen atoms in total. The van der Waals surface area contributed by atoms with Gasteiger partial charge in [-0.3, -0.25) is 9.36 Å². The Morgan fingerprint density at radius 3 is 2.74 bits per heavy atom. The van der Waals surface area contributed by atoms with Gasteiger partial charge in [-0.15, -0.1) is 11.3 Å². The zero-order chi connectivity index (χ0) is 24.4. The molecule has 0 amide bonds. The third kappa shape index (κ3) is 4.59. The Kier molecular flexibility index (Phi) is 6.42. The number of benzene rings is 2. The molecule has 0 bridgehead atoms. The first kappa shape index (κ1) is 22.9. The topological polar surface area (TPSA) is 68.0 Å². The van der Waals surface area contributed by atoms with E-state index in [0.29, 0.717) is 24.2 Å². The van der Waals surface area contributed by atoms with Crippen LogP contribution in [0.4, 0.5) is 4.39 Å². The maximum atomic E-state index is 14.2. The minimum Gasteiger partial charge on any atom is -0.504 e. The van der Waals surface area contributed by atoms with E-state index in [1.54, 1.807) is 19.2 Å². The smallest absolute Gasteiger partial charge is 0.262 e. The quantitative estimate of drug-likeness (QED) is 0.355. The number of phenols is 1. The lowest BCUT2D eigenvalue weighted by Crippen LogP contribution is -2.27. The molecule has 0 atom stereocenters. The zero-order valence-corrected chi connectivity index (χ0v) is 20.1. The molecule has 2 aromatic carbocycles. The van der Waals surface area contributed by atoms with Gasteiger partial charge in [0.05, 0.1) is 21.7 Å². The molecular weight excluding hydrogens is 461 g/mol. The maximum absolute atomic E-state index is 14.2. The molecule has 7 heteroatoms. The zero-order valence-electron chi connectivity index (χ0n) is 19.2. The molecule has 5 rings (SSSR count). The van der Waals surface area contributed by atoms with E-state index in [0.717, 1.165) is 33.9 Å². The summed E-state index contributed by atoms with van der Waals surface area (Å²) >= 11 is 1.48. The molecular formula is C28H24FN3O2S. The molecule has 0 unspecified atom stereocenters. The Morgan fingerprint density at radius 2 is 1.97 bits per heavy atom. The first-order chi connectivity index (χ1) is 17.0. The van der Waals surface area contributed by atoms with E-state index in [2.05, 4.69) is 17.1 Å². The molecule has 2 heterocycles. The van der Waals surface area contributed by atoms with Crippen molar-refractivity contribution in [2.75, 3.05) is 0 Å². The number of hydrogen-bond acceptors (Lipinski definition) is 5. The second-order valence-corrected chi connectivity index (χ2v) is 9.44. The van der Waals surface area contributed by atoms with E-state index in [-0.39, 0.29) is 16.9 Å². The van der Waals surface area contributed by atoms with Crippen LogP contribution >= 0.6 is 11.3 Å². The van der Waals surface area contributed by atoms with Crippen molar-refractivity contribution in [2.24, 2.45) is 0 Å². The minimum atomic E-state index is -0.755. The van der Waals surface area contributed by atoms with Crippen LogP contribution in [0.15, 0.2) is 77.8 Å². The Bertz CT molecular complexity index is 1500. The standard InChI is InChI=1S/C28H24FN3O2S/c1-18-24(23-17-30-27(35-23)20-11-6-3-7-12-20)28(34)32(16-15-19-9-4-2-5-10-19)26(31-18)21-13-8-14-22(29)25(21)33/h2-6,8-11,13-14,17,33H,7,12,15-16H2,1H3. The van der Waals surface area contributed by atoms with Crippen molar-refractivity contribution in [3.63, 3.8) is 0 Å². The third-order valence-corrected chi connectivity index (χ3v) is 7.18. The van der Waals surface area contributed by atoms with Gasteiger partial charge in [-0.25, -0.2) is 14.4 Å². The van der Waals surface area contributed by atoms with Crippen LogP contribution < -0.4 is 5.56 Å². The summed E-state index contributed by atoms with van der Waals surface area (Å²) in [7, 11) is 0. The fourth-order valence-electron chi connectivity index (χ4n) is 4.26. The van der Waals surface area contributed by atoms with Crippen molar-refractivity contribution in [3.8, 4) is 27.6 Å². The number of aromatic hydroxyl groups is 1. The molecule has 0 aliphatic heterocycles. The number of hydrogen-bond donors (Lipinski definition) is 1. The van der Waals surface area contributed by atoms with Crippen LogP contribution in [0, 0.1) is 12.7 Å². The van der Waals surface area contributed by atoms with Crippen molar-refractivity contribution in [1.82, 2.24) is 14.5 Å². The highest BCUT2D eigenvalue weighted by molar-refractivity contribution is 7.16. The average Bonchev–Trinajstić information content (AvgIpc) is 3.36. The largest absolute Gasteiger partial charge is 0.504 e. The van der Waals surface area contributed by atoms with Crippen LogP contribution in [-0.4, -0.2) is 19.6 Å². The van der Waals surface area contributed by atoms with Gasteiger partial charge in [0.25, 0.3) is 5.56 Å². The Labute approximate surface area is 206 Å². The van der Waals surface area contributed by atoms with Crippen LogP contribution in [-0.2, 0) is 13.0 Å². The van der Waals surface area contributed by atoms with Gasteiger partial charge < -0.3 is 5.11 Å². The summed E-state index contributed by atoms with van der Waals surface area (Å²) in [5.41, 5.74) is 3.16. The fourth-order valence-corrected chi connectivity index (χ4v) is 5.32. The molecule has 2 aromatic heterocycles. The average molecular weight is 486 g/mol. The molecule has 1 aliphatic carbocycles. The summed E-state index contributed by atoms with van der Waals surface area (Å²) in [5, 5.41) is 11.3. The van der Waals surface area contributed by atoms with Crippen molar-refractivity contribution in [1.29, 1.82) is 0 Å². The van der Waals surface area contributed by atoms with Crippen molar-refractivity contribution in [3.05, 3.63) is 105 Å². The lowest BCUT2D eigenvalue weighted by molar-refractivity contribution is 0.433. The number of aromatic nitrogens is 3. The summed E-state index contributed by atoms with van der Waals surface area (Å²) in [6.07, 6.45) is 10.4. The molecule has 1 N–H and O–H groups in total. The van der Waals surface area contributed by atoms with Crippen molar-refractivity contribution in [2.45, 2.75) is 32.7 Å².